The summed E-state index contributed by atoms with van der Waals surface area (Å²) in [6.45, 7) is 3.70. The number of rotatable bonds is 1. The van der Waals surface area contributed by atoms with Gasteiger partial charge in [0.25, 0.3) is 0 Å². The van der Waals surface area contributed by atoms with E-state index in [0.717, 1.165) is 13.1 Å². The van der Waals surface area contributed by atoms with Crippen LogP contribution in [-0.2, 0) is 4.74 Å². The summed E-state index contributed by atoms with van der Waals surface area (Å²) < 4.78 is 5.78. The average molecular weight is 176 g/mol. The highest BCUT2D eigenvalue weighted by Crippen LogP contribution is 2.20. The Morgan fingerprint density at radius 3 is 2.69 bits per heavy atom. The number of hydrogen-bond acceptors (Lipinski definition) is 1. The second-order valence-corrected chi connectivity index (χ2v) is 3.43. The van der Waals surface area contributed by atoms with Gasteiger partial charge >= 0.3 is 0 Å². The van der Waals surface area contributed by atoms with Crippen LogP contribution in [0.15, 0.2) is 30.3 Å². The number of hydrogen-bond donors (Lipinski definition) is 0. The molecule has 0 spiro atoms. The van der Waals surface area contributed by atoms with Crippen molar-refractivity contribution in [1.29, 1.82) is 0 Å². The lowest BCUT2D eigenvalue weighted by Gasteiger charge is -2.27. The summed E-state index contributed by atoms with van der Waals surface area (Å²) in [6, 6.07) is 10.3. The molecule has 2 atom stereocenters. The second kappa shape index (κ2) is 3.90. The molecule has 1 aromatic rings. The molecule has 1 heterocycles. The molecule has 1 aliphatic rings. The van der Waals surface area contributed by atoms with Crippen molar-refractivity contribution in [2.45, 2.75) is 19.1 Å². The van der Waals surface area contributed by atoms with Crippen molar-refractivity contribution in [3.8, 4) is 0 Å². The van der Waals surface area contributed by atoms with Crippen LogP contribution in [0.1, 0.15) is 18.6 Å². The summed E-state index contributed by atoms with van der Waals surface area (Å²) in [4.78, 5) is 0. The SMILES string of the molecule is CC1C[N]CC(c2ccccc2)O1. The highest BCUT2D eigenvalue weighted by atomic mass is 16.5. The monoisotopic (exact) mass is 176 g/mol. The minimum atomic E-state index is 0.171. The lowest BCUT2D eigenvalue weighted by Crippen LogP contribution is -2.34. The highest BCUT2D eigenvalue weighted by Gasteiger charge is 2.20. The molecule has 1 fully saturated rings. The van der Waals surface area contributed by atoms with Gasteiger partial charge in [-0.15, -0.1) is 0 Å². The Labute approximate surface area is 78.9 Å². The van der Waals surface area contributed by atoms with Crippen LogP contribution in [-0.4, -0.2) is 19.2 Å². The normalized spacial score (nSPS) is 28.7. The number of nitrogens with zero attached hydrogens (tertiary/aromatic N) is 1. The molecule has 1 aromatic carbocycles. The van der Waals surface area contributed by atoms with E-state index in [0.29, 0.717) is 0 Å². The minimum Gasteiger partial charge on any atom is -0.368 e. The van der Waals surface area contributed by atoms with Crippen molar-refractivity contribution in [2.75, 3.05) is 13.1 Å². The predicted molar refractivity (Wildman–Crippen MR) is 51.6 cm³/mol. The van der Waals surface area contributed by atoms with Gasteiger partial charge < -0.3 is 4.74 Å². The first-order valence-electron chi connectivity index (χ1n) is 4.70. The summed E-state index contributed by atoms with van der Waals surface area (Å²) >= 11 is 0. The Morgan fingerprint density at radius 2 is 2.00 bits per heavy atom. The van der Waals surface area contributed by atoms with E-state index < -0.39 is 0 Å². The third kappa shape index (κ3) is 2.08. The van der Waals surface area contributed by atoms with E-state index in [1.54, 1.807) is 0 Å². The van der Waals surface area contributed by atoms with Crippen molar-refractivity contribution in [3.05, 3.63) is 35.9 Å². The maximum Gasteiger partial charge on any atom is 0.0970 e. The first-order chi connectivity index (χ1) is 6.36. The largest absolute Gasteiger partial charge is 0.368 e. The average Bonchev–Trinajstić information content (AvgIpc) is 2.19. The fourth-order valence-electron chi connectivity index (χ4n) is 1.59. The number of ether oxygens (including phenoxy) is 1. The summed E-state index contributed by atoms with van der Waals surface area (Å²) in [7, 11) is 0. The van der Waals surface area contributed by atoms with Gasteiger partial charge in [0.1, 0.15) is 0 Å². The first kappa shape index (κ1) is 8.73. The molecule has 0 amide bonds. The lowest BCUT2D eigenvalue weighted by molar-refractivity contribution is -0.0302. The molecule has 0 aromatic heterocycles. The van der Waals surface area contributed by atoms with E-state index >= 15 is 0 Å². The van der Waals surface area contributed by atoms with Gasteiger partial charge in [-0.1, -0.05) is 30.3 Å². The molecule has 13 heavy (non-hydrogen) atoms. The predicted octanol–water partition coefficient (Wildman–Crippen LogP) is 1.75. The second-order valence-electron chi connectivity index (χ2n) is 3.43. The highest BCUT2D eigenvalue weighted by molar-refractivity contribution is 5.18. The minimum absolute atomic E-state index is 0.171. The molecule has 1 saturated heterocycles. The molecule has 69 valence electrons. The van der Waals surface area contributed by atoms with Crippen LogP contribution in [0.2, 0.25) is 0 Å². The summed E-state index contributed by atoms with van der Waals surface area (Å²) in [5, 5.41) is 4.39. The Bertz CT molecular complexity index is 260. The molecule has 2 unspecified atom stereocenters. The van der Waals surface area contributed by atoms with E-state index in [4.69, 9.17) is 4.74 Å². The molecule has 2 heteroatoms. The molecular formula is C11H14NO. The molecule has 0 N–H and O–H groups in total. The summed E-state index contributed by atoms with van der Waals surface area (Å²) in [6.07, 6.45) is 0.434. The molecule has 0 bridgehead atoms. The van der Waals surface area contributed by atoms with Gasteiger partial charge in [0.15, 0.2) is 0 Å². The zero-order valence-corrected chi connectivity index (χ0v) is 7.81. The van der Waals surface area contributed by atoms with Crippen molar-refractivity contribution < 1.29 is 4.74 Å². The molecule has 1 aliphatic heterocycles. The Morgan fingerprint density at radius 1 is 1.23 bits per heavy atom. The van der Waals surface area contributed by atoms with Gasteiger partial charge in [0.05, 0.1) is 12.2 Å². The fourth-order valence-corrected chi connectivity index (χ4v) is 1.59. The van der Waals surface area contributed by atoms with Crippen LogP contribution in [0.25, 0.3) is 0 Å². The van der Waals surface area contributed by atoms with E-state index in [9.17, 15) is 0 Å². The zero-order valence-electron chi connectivity index (χ0n) is 7.81. The van der Waals surface area contributed by atoms with Gasteiger partial charge in [-0.05, 0) is 12.5 Å². The quantitative estimate of drug-likeness (QED) is 0.639. The van der Waals surface area contributed by atoms with E-state index in [2.05, 4.69) is 24.4 Å². The van der Waals surface area contributed by atoms with Gasteiger partial charge in [-0.25, -0.2) is 5.32 Å². The van der Waals surface area contributed by atoms with Gasteiger partial charge in [-0.3, -0.25) is 0 Å². The molecule has 0 saturated carbocycles. The van der Waals surface area contributed by atoms with Crippen LogP contribution >= 0.6 is 0 Å². The maximum atomic E-state index is 5.78. The van der Waals surface area contributed by atoms with Crippen LogP contribution in [0.5, 0.6) is 0 Å². The molecule has 2 nitrogen and oxygen atoms in total. The van der Waals surface area contributed by atoms with E-state index in [-0.39, 0.29) is 12.2 Å². The van der Waals surface area contributed by atoms with Gasteiger partial charge in [-0.2, -0.15) is 0 Å². The van der Waals surface area contributed by atoms with E-state index in [1.165, 1.54) is 5.56 Å². The van der Waals surface area contributed by atoms with Crippen molar-refractivity contribution in [1.82, 2.24) is 5.32 Å². The van der Waals surface area contributed by atoms with Crippen molar-refractivity contribution in [3.63, 3.8) is 0 Å². The van der Waals surface area contributed by atoms with Crippen LogP contribution < -0.4 is 5.32 Å². The molecule has 0 aliphatic carbocycles. The molecule has 1 radical (unpaired) electrons. The van der Waals surface area contributed by atoms with Crippen molar-refractivity contribution in [2.24, 2.45) is 0 Å². The van der Waals surface area contributed by atoms with Crippen LogP contribution in [0.4, 0.5) is 0 Å². The zero-order chi connectivity index (χ0) is 9.10. The summed E-state index contributed by atoms with van der Waals surface area (Å²) in [5.41, 5.74) is 1.23. The third-order valence-corrected chi connectivity index (χ3v) is 2.25. The smallest absolute Gasteiger partial charge is 0.0970 e. The molecule has 2 rings (SSSR count). The maximum absolute atomic E-state index is 5.78. The van der Waals surface area contributed by atoms with Gasteiger partial charge in [0.2, 0.25) is 0 Å². The van der Waals surface area contributed by atoms with Crippen molar-refractivity contribution >= 4 is 0 Å². The Hall–Kier alpha value is -0.860. The fraction of sp³-hybridized carbons (Fsp3) is 0.455. The molecular weight excluding hydrogens is 162 g/mol. The Balaban J connectivity index is 2.08. The first-order valence-corrected chi connectivity index (χ1v) is 4.70. The number of benzene rings is 1. The topological polar surface area (TPSA) is 23.3 Å². The summed E-state index contributed by atoms with van der Waals surface area (Å²) in [5.74, 6) is 0. The van der Waals surface area contributed by atoms with Crippen LogP contribution in [0, 0.1) is 0 Å². The third-order valence-electron chi connectivity index (χ3n) is 2.25. The van der Waals surface area contributed by atoms with Gasteiger partial charge in [0, 0.05) is 13.1 Å². The van der Waals surface area contributed by atoms with E-state index in [1.807, 2.05) is 18.2 Å². The number of morpholine rings is 1. The lowest BCUT2D eigenvalue weighted by atomic mass is 10.1. The van der Waals surface area contributed by atoms with Crippen LogP contribution in [0.3, 0.4) is 0 Å². The standard InChI is InChI=1S/C11H14NO/c1-9-7-12-8-11(13-9)10-5-3-2-4-6-10/h2-6,9,11H,7-8H2,1H3. The Kier molecular flexibility index (Phi) is 2.62.